The van der Waals surface area contributed by atoms with Gasteiger partial charge < -0.3 is 10.1 Å². The molecule has 2 aromatic carbocycles. The Balaban J connectivity index is 1.89. The van der Waals surface area contributed by atoms with E-state index < -0.39 is 4.92 Å². The summed E-state index contributed by atoms with van der Waals surface area (Å²) >= 11 is 7.28. The van der Waals surface area contributed by atoms with Gasteiger partial charge in [-0.1, -0.05) is 23.7 Å². The van der Waals surface area contributed by atoms with Crippen LogP contribution in [-0.4, -0.2) is 23.7 Å². The van der Waals surface area contributed by atoms with Gasteiger partial charge in [0, 0.05) is 22.9 Å². The van der Waals surface area contributed by atoms with Crippen molar-refractivity contribution in [1.82, 2.24) is 0 Å². The van der Waals surface area contributed by atoms with Gasteiger partial charge in [-0.05, 0) is 23.8 Å². The Labute approximate surface area is 148 Å². The molecule has 0 aliphatic carbocycles. The number of methoxy groups -OCH3 is 1. The van der Waals surface area contributed by atoms with Crippen molar-refractivity contribution in [3.8, 4) is 5.75 Å². The number of rotatable bonds is 7. The summed E-state index contributed by atoms with van der Waals surface area (Å²) in [7, 11) is 1.51. The van der Waals surface area contributed by atoms with Crippen LogP contribution >= 0.6 is 23.4 Å². The summed E-state index contributed by atoms with van der Waals surface area (Å²) in [5.41, 5.74) is 1.34. The zero-order chi connectivity index (χ0) is 17.5. The first-order chi connectivity index (χ1) is 11.5. The highest BCUT2D eigenvalue weighted by molar-refractivity contribution is 7.99. The van der Waals surface area contributed by atoms with Crippen molar-refractivity contribution in [3.63, 3.8) is 0 Å². The quantitative estimate of drug-likeness (QED) is 0.588. The predicted octanol–water partition coefficient (Wildman–Crippen LogP) is 4.13. The molecule has 2 aromatic rings. The standard InChI is InChI=1S/C16H15ClN2O4S/c1-23-15-6-5-12(17)8-14(15)18-16(20)10-24-9-11-3-2-4-13(7-11)19(21)22/h2-8H,9-10H2,1H3,(H,18,20). The minimum Gasteiger partial charge on any atom is -0.495 e. The zero-order valence-electron chi connectivity index (χ0n) is 12.8. The lowest BCUT2D eigenvalue weighted by atomic mass is 10.2. The van der Waals surface area contributed by atoms with Crippen LogP contribution in [0.4, 0.5) is 11.4 Å². The van der Waals surface area contributed by atoms with Crippen LogP contribution < -0.4 is 10.1 Å². The molecule has 0 spiro atoms. The topological polar surface area (TPSA) is 81.5 Å². The second-order valence-corrected chi connectivity index (χ2v) is 6.23. The van der Waals surface area contributed by atoms with E-state index in [1.807, 2.05) is 0 Å². The average Bonchev–Trinajstić information content (AvgIpc) is 2.55. The van der Waals surface area contributed by atoms with E-state index in [1.165, 1.54) is 31.0 Å². The van der Waals surface area contributed by atoms with Gasteiger partial charge in [0.25, 0.3) is 5.69 Å². The number of nitrogens with zero attached hydrogens (tertiary/aromatic N) is 1. The molecule has 126 valence electrons. The highest BCUT2D eigenvalue weighted by Crippen LogP contribution is 2.28. The van der Waals surface area contributed by atoms with Gasteiger partial charge in [-0.3, -0.25) is 14.9 Å². The highest BCUT2D eigenvalue weighted by Gasteiger charge is 2.10. The Bertz CT molecular complexity index is 755. The number of hydrogen-bond acceptors (Lipinski definition) is 5. The highest BCUT2D eigenvalue weighted by atomic mass is 35.5. The van der Waals surface area contributed by atoms with Gasteiger partial charge in [0.2, 0.25) is 5.91 Å². The summed E-state index contributed by atoms with van der Waals surface area (Å²) in [6.07, 6.45) is 0. The van der Waals surface area contributed by atoms with E-state index in [9.17, 15) is 14.9 Å². The molecule has 0 fully saturated rings. The molecule has 24 heavy (non-hydrogen) atoms. The van der Waals surface area contributed by atoms with Crippen molar-refractivity contribution in [3.05, 3.63) is 63.2 Å². The van der Waals surface area contributed by atoms with Crippen LogP contribution in [0.2, 0.25) is 5.02 Å². The number of thioether (sulfide) groups is 1. The van der Waals surface area contributed by atoms with Crippen LogP contribution in [-0.2, 0) is 10.5 Å². The molecular formula is C16H15ClN2O4S. The fourth-order valence-electron chi connectivity index (χ4n) is 1.99. The van der Waals surface area contributed by atoms with Gasteiger partial charge in [0.15, 0.2) is 0 Å². The minimum absolute atomic E-state index is 0.0428. The SMILES string of the molecule is COc1ccc(Cl)cc1NC(=O)CSCc1cccc([N+](=O)[O-])c1. The number of non-ortho nitro benzene ring substituents is 1. The zero-order valence-corrected chi connectivity index (χ0v) is 14.4. The molecule has 0 radical (unpaired) electrons. The van der Waals surface area contributed by atoms with Gasteiger partial charge in [-0.15, -0.1) is 11.8 Å². The number of nitro benzene ring substituents is 1. The minimum atomic E-state index is -0.438. The summed E-state index contributed by atoms with van der Waals surface area (Å²) in [4.78, 5) is 22.3. The predicted molar refractivity (Wildman–Crippen MR) is 95.9 cm³/mol. The third kappa shape index (κ3) is 5.14. The van der Waals surface area contributed by atoms with E-state index in [2.05, 4.69) is 5.32 Å². The summed E-state index contributed by atoms with van der Waals surface area (Å²) < 4.78 is 5.17. The summed E-state index contributed by atoms with van der Waals surface area (Å²) in [6, 6.07) is 11.3. The summed E-state index contributed by atoms with van der Waals surface area (Å²) in [5.74, 6) is 1.03. The Morgan fingerprint density at radius 1 is 1.33 bits per heavy atom. The van der Waals surface area contributed by atoms with Crippen LogP contribution in [0.25, 0.3) is 0 Å². The first-order valence-corrected chi connectivity index (χ1v) is 8.47. The Morgan fingerprint density at radius 3 is 2.83 bits per heavy atom. The maximum atomic E-state index is 12.0. The second-order valence-electron chi connectivity index (χ2n) is 4.81. The molecule has 0 aliphatic rings. The monoisotopic (exact) mass is 366 g/mol. The third-order valence-electron chi connectivity index (χ3n) is 3.06. The number of halogens is 1. The van der Waals surface area contributed by atoms with Crippen molar-refractivity contribution in [2.75, 3.05) is 18.2 Å². The number of hydrogen-bond donors (Lipinski definition) is 1. The number of benzene rings is 2. The molecule has 0 saturated heterocycles. The van der Waals surface area contributed by atoms with Crippen molar-refractivity contribution in [2.24, 2.45) is 0 Å². The Hall–Kier alpha value is -2.25. The smallest absolute Gasteiger partial charge is 0.269 e. The van der Waals surface area contributed by atoms with Gasteiger partial charge in [0.05, 0.1) is 23.5 Å². The molecule has 0 bridgehead atoms. The van der Waals surface area contributed by atoms with E-state index in [0.29, 0.717) is 22.2 Å². The molecule has 0 aliphatic heterocycles. The number of nitrogens with one attached hydrogen (secondary N) is 1. The van der Waals surface area contributed by atoms with Gasteiger partial charge in [0.1, 0.15) is 5.75 Å². The summed E-state index contributed by atoms with van der Waals surface area (Å²) in [5, 5.41) is 14.0. The Morgan fingerprint density at radius 2 is 2.12 bits per heavy atom. The molecule has 0 saturated carbocycles. The van der Waals surface area contributed by atoms with E-state index in [1.54, 1.807) is 30.3 Å². The van der Waals surface area contributed by atoms with Crippen molar-refractivity contribution >= 4 is 40.6 Å². The number of anilines is 1. The number of ether oxygens (including phenoxy) is 1. The Kier molecular flexibility index (Phi) is 6.45. The normalized spacial score (nSPS) is 10.2. The average molecular weight is 367 g/mol. The van der Waals surface area contributed by atoms with Crippen molar-refractivity contribution < 1.29 is 14.5 Å². The number of carbonyl (C=O) groups excluding carboxylic acids is 1. The molecule has 0 unspecified atom stereocenters. The number of amides is 1. The molecule has 6 nitrogen and oxygen atoms in total. The van der Waals surface area contributed by atoms with Gasteiger partial charge >= 0.3 is 0 Å². The first kappa shape index (κ1) is 18.1. The van der Waals surface area contributed by atoms with Gasteiger partial charge in [-0.25, -0.2) is 0 Å². The molecule has 0 heterocycles. The van der Waals surface area contributed by atoms with E-state index >= 15 is 0 Å². The molecule has 0 atom stereocenters. The van der Waals surface area contributed by atoms with Crippen LogP contribution in [0.1, 0.15) is 5.56 Å². The molecule has 8 heteroatoms. The van der Waals surface area contributed by atoms with E-state index in [0.717, 1.165) is 5.56 Å². The third-order valence-corrected chi connectivity index (χ3v) is 4.30. The van der Waals surface area contributed by atoms with E-state index in [4.69, 9.17) is 16.3 Å². The fourth-order valence-corrected chi connectivity index (χ4v) is 2.93. The van der Waals surface area contributed by atoms with Crippen LogP contribution in [0.5, 0.6) is 5.75 Å². The number of nitro groups is 1. The van der Waals surface area contributed by atoms with Crippen LogP contribution in [0.3, 0.4) is 0 Å². The summed E-state index contributed by atoms with van der Waals surface area (Å²) in [6.45, 7) is 0. The lowest BCUT2D eigenvalue weighted by Gasteiger charge is -2.10. The molecule has 2 rings (SSSR count). The molecular weight excluding hydrogens is 352 g/mol. The first-order valence-electron chi connectivity index (χ1n) is 6.94. The molecule has 1 amide bonds. The van der Waals surface area contributed by atoms with Crippen LogP contribution in [0.15, 0.2) is 42.5 Å². The lowest BCUT2D eigenvalue weighted by Crippen LogP contribution is -2.14. The fraction of sp³-hybridized carbons (Fsp3) is 0.188. The lowest BCUT2D eigenvalue weighted by molar-refractivity contribution is -0.384. The van der Waals surface area contributed by atoms with E-state index in [-0.39, 0.29) is 17.3 Å². The van der Waals surface area contributed by atoms with Crippen molar-refractivity contribution in [2.45, 2.75) is 5.75 Å². The molecule has 1 N–H and O–H groups in total. The van der Waals surface area contributed by atoms with Crippen LogP contribution in [0, 0.1) is 10.1 Å². The maximum Gasteiger partial charge on any atom is 0.269 e. The second kappa shape index (κ2) is 8.56. The number of carbonyl (C=O) groups is 1. The van der Waals surface area contributed by atoms with Gasteiger partial charge in [-0.2, -0.15) is 0 Å². The maximum absolute atomic E-state index is 12.0. The largest absolute Gasteiger partial charge is 0.495 e. The molecule has 0 aromatic heterocycles. The van der Waals surface area contributed by atoms with Crippen molar-refractivity contribution in [1.29, 1.82) is 0 Å².